The maximum atomic E-state index is 14.1. The van der Waals surface area contributed by atoms with E-state index in [9.17, 15) is 9.18 Å². The zero-order valence-corrected chi connectivity index (χ0v) is 15.8. The number of nitrogens with zero attached hydrogens (tertiary/aromatic N) is 4. The minimum atomic E-state index is -0.639. The van der Waals surface area contributed by atoms with Gasteiger partial charge in [-0.15, -0.1) is 0 Å². The van der Waals surface area contributed by atoms with E-state index in [2.05, 4.69) is 15.3 Å². The third-order valence-electron chi connectivity index (χ3n) is 5.76. The largest absolute Gasteiger partial charge is 0.310 e. The molecule has 0 spiro atoms. The predicted molar refractivity (Wildman–Crippen MR) is 102 cm³/mol. The minimum absolute atomic E-state index is 0.0794. The lowest BCUT2D eigenvalue weighted by molar-refractivity contribution is -0.119. The summed E-state index contributed by atoms with van der Waals surface area (Å²) in [5, 5.41) is 7.58. The Bertz CT molecular complexity index is 1120. The number of halogens is 1. The van der Waals surface area contributed by atoms with Crippen LogP contribution in [0.4, 0.5) is 10.2 Å². The van der Waals surface area contributed by atoms with Crippen molar-refractivity contribution < 1.29 is 9.18 Å². The fourth-order valence-electron chi connectivity index (χ4n) is 4.04. The maximum absolute atomic E-state index is 14.1. The van der Waals surface area contributed by atoms with Gasteiger partial charge in [0.25, 0.3) is 0 Å². The first-order chi connectivity index (χ1) is 13.4. The summed E-state index contributed by atoms with van der Waals surface area (Å²) in [6, 6.07) is 6.76. The fraction of sp³-hybridized carbons (Fsp3) is 0.333. The molecular formula is C21H20FN5O. The van der Waals surface area contributed by atoms with Crippen molar-refractivity contribution in [2.45, 2.75) is 45.1 Å². The van der Waals surface area contributed by atoms with Crippen LogP contribution in [0.2, 0.25) is 0 Å². The normalized spacial score (nSPS) is 16.8. The molecule has 7 heteroatoms. The SMILES string of the molecule is CC1(C)C(=O)Nc2nc(-c3nn(Cc4ccccc4F)c4c3CCC4)ncc21. The van der Waals surface area contributed by atoms with Crippen molar-refractivity contribution in [3.8, 4) is 11.5 Å². The van der Waals surface area contributed by atoms with Crippen molar-refractivity contribution in [3.05, 3.63) is 58.7 Å². The summed E-state index contributed by atoms with van der Waals surface area (Å²) in [5.41, 5.74) is 3.73. The van der Waals surface area contributed by atoms with E-state index in [-0.39, 0.29) is 11.7 Å². The molecule has 0 saturated carbocycles. The molecule has 142 valence electrons. The number of benzene rings is 1. The average molecular weight is 377 g/mol. The highest BCUT2D eigenvalue weighted by molar-refractivity contribution is 6.04. The molecule has 6 nitrogen and oxygen atoms in total. The molecule has 0 radical (unpaired) electrons. The first-order valence-corrected chi connectivity index (χ1v) is 9.46. The molecule has 1 N–H and O–H groups in total. The van der Waals surface area contributed by atoms with Gasteiger partial charge in [0.05, 0.1) is 12.0 Å². The van der Waals surface area contributed by atoms with Crippen LogP contribution in [0.25, 0.3) is 11.5 Å². The second-order valence-electron chi connectivity index (χ2n) is 7.91. The molecule has 28 heavy (non-hydrogen) atoms. The Labute approximate surface area is 161 Å². The van der Waals surface area contributed by atoms with Crippen molar-refractivity contribution in [3.63, 3.8) is 0 Å². The Morgan fingerprint density at radius 2 is 2.07 bits per heavy atom. The van der Waals surface area contributed by atoms with Crippen molar-refractivity contribution in [2.75, 3.05) is 5.32 Å². The van der Waals surface area contributed by atoms with Crippen LogP contribution in [0.15, 0.2) is 30.5 Å². The van der Waals surface area contributed by atoms with E-state index in [1.807, 2.05) is 24.6 Å². The van der Waals surface area contributed by atoms with Crippen LogP contribution in [0.1, 0.15) is 42.7 Å². The summed E-state index contributed by atoms with van der Waals surface area (Å²) in [7, 11) is 0. The van der Waals surface area contributed by atoms with Crippen LogP contribution in [0.5, 0.6) is 0 Å². The molecule has 1 aliphatic heterocycles. The highest BCUT2D eigenvalue weighted by Gasteiger charge is 2.40. The number of aromatic nitrogens is 4. The Morgan fingerprint density at radius 1 is 1.25 bits per heavy atom. The molecule has 3 aromatic rings. The molecular weight excluding hydrogens is 357 g/mol. The Hall–Kier alpha value is -3.09. The molecule has 0 fully saturated rings. The second kappa shape index (κ2) is 5.95. The summed E-state index contributed by atoms with van der Waals surface area (Å²) in [4.78, 5) is 21.3. The van der Waals surface area contributed by atoms with Crippen molar-refractivity contribution in [2.24, 2.45) is 0 Å². The van der Waals surface area contributed by atoms with Gasteiger partial charge < -0.3 is 5.32 Å². The summed E-state index contributed by atoms with van der Waals surface area (Å²) in [6.45, 7) is 4.10. The molecule has 0 bridgehead atoms. The van der Waals surface area contributed by atoms with Gasteiger partial charge in [-0.25, -0.2) is 14.4 Å². The van der Waals surface area contributed by atoms with E-state index in [0.717, 1.165) is 41.8 Å². The first-order valence-electron chi connectivity index (χ1n) is 9.46. The first kappa shape index (κ1) is 17.0. The van der Waals surface area contributed by atoms with Crippen LogP contribution in [-0.2, 0) is 29.6 Å². The number of hydrogen-bond donors (Lipinski definition) is 1. The molecule has 1 amide bonds. The number of hydrogen-bond acceptors (Lipinski definition) is 4. The van der Waals surface area contributed by atoms with Crippen molar-refractivity contribution >= 4 is 11.7 Å². The zero-order valence-electron chi connectivity index (χ0n) is 15.8. The Kier molecular flexibility index (Phi) is 3.62. The quantitative estimate of drug-likeness (QED) is 0.761. The Morgan fingerprint density at radius 3 is 2.89 bits per heavy atom. The maximum Gasteiger partial charge on any atom is 0.235 e. The molecule has 2 aliphatic rings. The summed E-state index contributed by atoms with van der Waals surface area (Å²) in [6.07, 6.45) is 4.56. The molecule has 3 heterocycles. The van der Waals surface area contributed by atoms with Crippen LogP contribution < -0.4 is 5.32 Å². The molecule has 0 unspecified atom stereocenters. The van der Waals surface area contributed by atoms with Gasteiger partial charge in [0.15, 0.2) is 5.82 Å². The molecule has 1 aromatic carbocycles. The molecule has 2 aromatic heterocycles. The standard InChI is InChI=1S/C21H20FN5O/c1-21(2)14-10-23-19(24-18(14)25-20(21)28)17-13-7-5-9-16(13)27(26-17)11-12-6-3-4-8-15(12)22/h3-4,6,8,10H,5,7,9,11H2,1-2H3,(H,23,24,25,28). The van der Waals surface area contributed by atoms with E-state index in [4.69, 9.17) is 5.10 Å². The predicted octanol–water partition coefficient (Wildman–Crippen LogP) is 3.25. The Balaban J connectivity index is 1.57. The number of nitrogens with one attached hydrogen (secondary N) is 1. The molecule has 0 atom stereocenters. The second-order valence-corrected chi connectivity index (χ2v) is 7.91. The van der Waals surface area contributed by atoms with Crippen molar-refractivity contribution in [1.29, 1.82) is 0 Å². The van der Waals surface area contributed by atoms with Crippen LogP contribution in [-0.4, -0.2) is 25.7 Å². The zero-order chi connectivity index (χ0) is 19.5. The monoisotopic (exact) mass is 377 g/mol. The third-order valence-corrected chi connectivity index (χ3v) is 5.76. The van der Waals surface area contributed by atoms with Gasteiger partial charge in [-0.05, 0) is 39.2 Å². The molecule has 5 rings (SSSR count). The number of carbonyl (C=O) groups is 1. The third kappa shape index (κ3) is 2.46. The summed E-state index contributed by atoms with van der Waals surface area (Å²) >= 11 is 0. The van der Waals surface area contributed by atoms with E-state index >= 15 is 0 Å². The van der Waals surface area contributed by atoms with Gasteiger partial charge in [0.1, 0.15) is 17.3 Å². The van der Waals surface area contributed by atoms with Gasteiger partial charge in [-0.3, -0.25) is 9.48 Å². The van der Waals surface area contributed by atoms with Crippen LogP contribution in [0.3, 0.4) is 0 Å². The summed E-state index contributed by atoms with van der Waals surface area (Å²) in [5.74, 6) is 0.742. The molecule has 0 saturated heterocycles. The highest BCUT2D eigenvalue weighted by Crippen LogP contribution is 2.37. The van der Waals surface area contributed by atoms with E-state index in [1.165, 1.54) is 6.07 Å². The van der Waals surface area contributed by atoms with E-state index in [1.54, 1.807) is 18.3 Å². The van der Waals surface area contributed by atoms with Crippen LogP contribution >= 0.6 is 0 Å². The van der Waals surface area contributed by atoms with Gasteiger partial charge in [0, 0.05) is 28.6 Å². The summed E-state index contributed by atoms with van der Waals surface area (Å²) < 4.78 is 16.0. The number of fused-ring (bicyclic) bond motifs is 2. The van der Waals surface area contributed by atoms with Gasteiger partial charge >= 0.3 is 0 Å². The fourth-order valence-corrected chi connectivity index (χ4v) is 4.04. The molecule has 1 aliphatic carbocycles. The lowest BCUT2D eigenvalue weighted by Gasteiger charge is -2.13. The van der Waals surface area contributed by atoms with Gasteiger partial charge in [-0.2, -0.15) is 5.10 Å². The highest BCUT2D eigenvalue weighted by atomic mass is 19.1. The minimum Gasteiger partial charge on any atom is -0.310 e. The van der Waals surface area contributed by atoms with Gasteiger partial charge in [0.2, 0.25) is 5.91 Å². The van der Waals surface area contributed by atoms with E-state index in [0.29, 0.717) is 23.8 Å². The van der Waals surface area contributed by atoms with Crippen LogP contribution in [0, 0.1) is 5.82 Å². The van der Waals surface area contributed by atoms with Crippen molar-refractivity contribution in [1.82, 2.24) is 19.7 Å². The van der Waals surface area contributed by atoms with E-state index < -0.39 is 5.41 Å². The smallest absolute Gasteiger partial charge is 0.235 e. The average Bonchev–Trinajstić information content (AvgIpc) is 3.32. The lowest BCUT2D eigenvalue weighted by atomic mass is 9.88. The lowest BCUT2D eigenvalue weighted by Crippen LogP contribution is -2.26. The number of anilines is 1. The number of rotatable bonds is 3. The van der Waals surface area contributed by atoms with Gasteiger partial charge in [-0.1, -0.05) is 18.2 Å². The number of amides is 1. The topological polar surface area (TPSA) is 72.7 Å². The number of carbonyl (C=O) groups excluding carboxylic acids is 1.